The molecule has 0 saturated heterocycles. The molecule has 16 heavy (non-hydrogen) atoms. The summed E-state index contributed by atoms with van der Waals surface area (Å²) in [4.78, 5) is 2.42. The second-order valence-electron chi connectivity index (χ2n) is 3.35. The lowest BCUT2D eigenvalue weighted by Gasteiger charge is -2.15. The molecule has 2 nitrogen and oxygen atoms in total. The van der Waals surface area contributed by atoms with Gasteiger partial charge in [-0.25, -0.2) is 0 Å². The van der Waals surface area contributed by atoms with Crippen molar-refractivity contribution in [1.29, 1.82) is 0 Å². The van der Waals surface area contributed by atoms with Gasteiger partial charge in [-0.2, -0.15) is 4.57 Å². The van der Waals surface area contributed by atoms with Gasteiger partial charge in [-0.1, -0.05) is 36.4 Å². The fourth-order valence-corrected chi connectivity index (χ4v) is 1.97. The minimum absolute atomic E-state index is 0.757. The Balaban J connectivity index is 0.000000281. The van der Waals surface area contributed by atoms with Crippen LogP contribution in [0.3, 0.4) is 0 Å². The first kappa shape index (κ1) is 16.1. The predicted octanol–water partition coefficient (Wildman–Crippen LogP) is 2.93. The van der Waals surface area contributed by atoms with Gasteiger partial charge in [0.15, 0.2) is 6.20 Å². The van der Waals surface area contributed by atoms with E-state index in [4.69, 9.17) is 11.6 Å². The highest BCUT2D eigenvalue weighted by Gasteiger charge is 1.95. The Kier molecular flexibility index (Phi) is 10.4. The van der Waals surface area contributed by atoms with Crippen molar-refractivity contribution >= 4 is 34.2 Å². The van der Waals surface area contributed by atoms with Crippen LogP contribution in [0.4, 0.5) is 0 Å². The summed E-state index contributed by atoms with van der Waals surface area (Å²) < 4.78 is 3.10. The van der Waals surface area contributed by atoms with Crippen molar-refractivity contribution in [3.63, 3.8) is 0 Å². The number of alkyl halides is 1. The summed E-state index contributed by atoms with van der Waals surface area (Å²) >= 11 is 8.08. The quantitative estimate of drug-likeness (QED) is 0.349. The number of rotatable bonds is 4. The van der Waals surface area contributed by atoms with E-state index in [9.17, 15) is 0 Å². The van der Waals surface area contributed by atoms with Gasteiger partial charge < -0.3 is 4.90 Å². The highest BCUT2D eigenvalue weighted by atomic mass is 127. The molecule has 0 aromatic carbocycles. The van der Waals surface area contributed by atoms with E-state index in [0.717, 1.165) is 5.15 Å². The number of nitrogens with zero attached hydrogens (tertiary/aromatic N) is 2. The molecule has 0 saturated carbocycles. The molecule has 1 heterocycles. The molecule has 0 atom stereocenters. The van der Waals surface area contributed by atoms with Crippen molar-refractivity contribution in [3.8, 4) is 0 Å². The summed E-state index contributed by atoms with van der Waals surface area (Å²) in [6.45, 7) is 8.04. The largest absolute Gasteiger partial charge is 0.303 e. The summed E-state index contributed by atoms with van der Waals surface area (Å²) in [6.07, 6.45) is 1.91. The molecule has 0 aliphatic carbocycles. The van der Waals surface area contributed by atoms with Crippen LogP contribution in [0.2, 0.25) is 5.15 Å². The van der Waals surface area contributed by atoms with Crippen LogP contribution in [0.15, 0.2) is 24.4 Å². The third-order valence-corrected chi connectivity index (χ3v) is 3.16. The summed E-state index contributed by atoms with van der Waals surface area (Å²) in [5, 5.41) is 0.757. The lowest BCUT2D eigenvalue weighted by atomic mass is 10.5. The van der Waals surface area contributed by atoms with Gasteiger partial charge >= 0.3 is 0 Å². The average Bonchev–Trinajstić information content (AvgIpc) is 2.31. The minimum Gasteiger partial charge on any atom is -0.303 e. The van der Waals surface area contributed by atoms with E-state index >= 15 is 0 Å². The molecular weight excluding hydrogens is 335 g/mol. The number of hydrogen-bond donors (Lipinski definition) is 0. The predicted molar refractivity (Wildman–Crippen MR) is 79.3 cm³/mol. The maximum absolute atomic E-state index is 5.67. The molecular formula is C12H21ClIN2+. The van der Waals surface area contributed by atoms with E-state index in [2.05, 4.69) is 41.3 Å². The first-order valence-electron chi connectivity index (χ1n) is 5.54. The van der Waals surface area contributed by atoms with Crippen molar-refractivity contribution in [3.05, 3.63) is 29.5 Å². The fraction of sp³-hybridized carbons (Fsp3) is 0.583. The van der Waals surface area contributed by atoms with Crippen molar-refractivity contribution < 1.29 is 4.57 Å². The molecule has 1 rings (SSSR count). The molecule has 0 bridgehead atoms. The zero-order valence-corrected chi connectivity index (χ0v) is 13.2. The molecule has 0 N–H and O–H groups in total. The van der Waals surface area contributed by atoms with E-state index in [0.29, 0.717) is 0 Å². The number of aryl methyl sites for hydroxylation is 1. The summed E-state index contributed by atoms with van der Waals surface area (Å²) in [5.41, 5.74) is 0. The Morgan fingerprint density at radius 3 is 2.19 bits per heavy atom. The van der Waals surface area contributed by atoms with Gasteiger partial charge in [0.05, 0.1) is 0 Å². The molecule has 0 fully saturated rings. The average molecular weight is 356 g/mol. The third-order valence-electron chi connectivity index (χ3n) is 2.29. The Bertz CT molecular complexity index is 256. The number of pyridine rings is 1. The van der Waals surface area contributed by atoms with Crippen LogP contribution in [0.1, 0.15) is 13.8 Å². The summed E-state index contributed by atoms with van der Waals surface area (Å²) in [6, 6.07) is 5.69. The third kappa shape index (κ3) is 7.41. The normalized spacial score (nSPS) is 9.88. The van der Waals surface area contributed by atoms with E-state index in [-0.39, 0.29) is 0 Å². The van der Waals surface area contributed by atoms with E-state index < -0.39 is 0 Å². The van der Waals surface area contributed by atoms with Crippen molar-refractivity contribution in [1.82, 2.24) is 4.90 Å². The molecule has 0 aliphatic heterocycles. The minimum atomic E-state index is 0.757. The lowest BCUT2D eigenvalue weighted by Crippen LogP contribution is -2.27. The second-order valence-corrected chi connectivity index (χ2v) is 4.82. The number of halogens is 2. The van der Waals surface area contributed by atoms with Gasteiger partial charge in [0, 0.05) is 23.1 Å². The van der Waals surface area contributed by atoms with Gasteiger partial charge in [0.2, 0.25) is 0 Å². The smallest absolute Gasteiger partial charge is 0.274 e. The van der Waals surface area contributed by atoms with E-state index in [1.807, 2.05) is 36.0 Å². The lowest BCUT2D eigenvalue weighted by molar-refractivity contribution is -0.669. The molecule has 92 valence electrons. The molecule has 0 unspecified atom stereocenters. The second kappa shape index (κ2) is 10.3. The Morgan fingerprint density at radius 1 is 1.31 bits per heavy atom. The van der Waals surface area contributed by atoms with E-state index in [1.54, 1.807) is 0 Å². The highest BCUT2D eigenvalue weighted by Crippen LogP contribution is 1.95. The summed E-state index contributed by atoms with van der Waals surface area (Å²) in [7, 11) is 1.91. The zero-order chi connectivity index (χ0) is 12.4. The topological polar surface area (TPSA) is 7.12 Å². The first-order chi connectivity index (χ1) is 7.65. The Morgan fingerprint density at radius 2 is 1.94 bits per heavy atom. The van der Waals surface area contributed by atoms with Crippen LogP contribution in [0, 0.1) is 0 Å². The molecule has 0 amide bonds. The monoisotopic (exact) mass is 355 g/mol. The van der Waals surface area contributed by atoms with Crippen molar-refractivity contribution in [2.45, 2.75) is 13.8 Å². The van der Waals surface area contributed by atoms with Crippen LogP contribution in [0.5, 0.6) is 0 Å². The molecule has 0 spiro atoms. The highest BCUT2D eigenvalue weighted by molar-refractivity contribution is 14.1. The number of hydrogen-bond acceptors (Lipinski definition) is 1. The maximum atomic E-state index is 5.67. The number of aromatic nitrogens is 1. The van der Waals surface area contributed by atoms with Crippen molar-refractivity contribution in [2.75, 3.05) is 24.1 Å². The van der Waals surface area contributed by atoms with Crippen LogP contribution < -0.4 is 4.57 Å². The maximum Gasteiger partial charge on any atom is 0.274 e. The van der Waals surface area contributed by atoms with Crippen LogP contribution in [0.25, 0.3) is 0 Å². The van der Waals surface area contributed by atoms with Gasteiger partial charge in [-0.3, -0.25) is 0 Å². The molecule has 0 radical (unpaired) electrons. The van der Waals surface area contributed by atoms with Crippen LogP contribution >= 0.6 is 34.2 Å². The van der Waals surface area contributed by atoms with Gasteiger partial charge in [0.25, 0.3) is 5.15 Å². The molecule has 1 aromatic heterocycles. The van der Waals surface area contributed by atoms with Crippen LogP contribution in [-0.4, -0.2) is 29.0 Å². The Labute approximate surface area is 118 Å². The fourth-order valence-electron chi connectivity index (χ4n) is 1.16. The standard InChI is InChI=1S/C6H7ClN.C6H14IN/c1-8-5-3-2-4-6(8)7;1-3-8(4-2)6-5-7/h2-5H,1H3;3-6H2,1-2H3/q+1;. The molecule has 1 aromatic rings. The molecule has 0 aliphatic rings. The summed E-state index contributed by atoms with van der Waals surface area (Å²) in [5.74, 6) is 0. The Hall–Kier alpha value is 0.130. The SMILES string of the molecule is CCN(CC)CCI.C[n+]1ccccc1Cl. The van der Waals surface area contributed by atoms with Gasteiger partial charge in [0.1, 0.15) is 7.05 Å². The van der Waals surface area contributed by atoms with E-state index in [1.165, 1.54) is 24.1 Å². The first-order valence-corrected chi connectivity index (χ1v) is 7.44. The van der Waals surface area contributed by atoms with Gasteiger partial charge in [-0.15, -0.1) is 0 Å². The van der Waals surface area contributed by atoms with Gasteiger partial charge in [-0.05, 0) is 30.8 Å². The molecule has 4 heteroatoms. The van der Waals surface area contributed by atoms with Crippen LogP contribution in [-0.2, 0) is 7.05 Å². The zero-order valence-electron chi connectivity index (χ0n) is 10.3. The van der Waals surface area contributed by atoms with Crippen molar-refractivity contribution in [2.24, 2.45) is 7.05 Å².